The summed E-state index contributed by atoms with van der Waals surface area (Å²) in [6, 6.07) is 4.00. The first-order chi connectivity index (χ1) is 11.7. The molecule has 0 saturated carbocycles. The largest absolute Gasteiger partial charge is 0.494 e. The Morgan fingerprint density at radius 3 is 3.00 bits per heavy atom. The van der Waals surface area contributed by atoms with Crippen molar-refractivity contribution in [2.75, 3.05) is 7.11 Å². The van der Waals surface area contributed by atoms with E-state index in [9.17, 15) is 0 Å². The predicted molar refractivity (Wildman–Crippen MR) is 97.3 cm³/mol. The number of ether oxygens (including phenoxy) is 1. The summed E-state index contributed by atoms with van der Waals surface area (Å²) in [6.45, 7) is 4.50. The van der Waals surface area contributed by atoms with Gasteiger partial charge in [-0.1, -0.05) is 6.92 Å². The Morgan fingerprint density at radius 2 is 2.25 bits per heavy atom. The summed E-state index contributed by atoms with van der Waals surface area (Å²) in [5.41, 5.74) is 8.23. The molecule has 1 unspecified atom stereocenters. The smallest absolute Gasteiger partial charge is 0.146 e. The van der Waals surface area contributed by atoms with Crippen LogP contribution in [0.4, 0.5) is 0 Å². The second-order valence-electron chi connectivity index (χ2n) is 6.67. The Balaban J connectivity index is 1.77. The average Bonchev–Trinajstić information content (AvgIpc) is 3.28. The number of hydrogen-bond donors (Lipinski definition) is 2. The highest BCUT2D eigenvalue weighted by Gasteiger charge is 2.24. The summed E-state index contributed by atoms with van der Waals surface area (Å²) in [5.74, 6) is 1.40. The summed E-state index contributed by atoms with van der Waals surface area (Å²) in [5, 5.41) is 0. The van der Waals surface area contributed by atoms with Crippen LogP contribution in [0.25, 0.3) is 6.08 Å². The van der Waals surface area contributed by atoms with E-state index in [4.69, 9.17) is 9.73 Å². The van der Waals surface area contributed by atoms with Crippen LogP contribution in [0.2, 0.25) is 0 Å². The number of nitrogens with one attached hydrogen (secondary N) is 2. The van der Waals surface area contributed by atoms with Crippen molar-refractivity contribution in [2.45, 2.75) is 39.0 Å². The molecule has 124 valence electrons. The Morgan fingerprint density at radius 1 is 1.38 bits per heavy atom. The number of nitrogens with zero attached hydrogens (tertiary/aromatic N) is 1. The van der Waals surface area contributed by atoms with E-state index < -0.39 is 0 Å². The second kappa shape index (κ2) is 5.86. The fourth-order valence-electron chi connectivity index (χ4n) is 3.88. The molecule has 1 aliphatic carbocycles. The highest BCUT2D eigenvalue weighted by molar-refractivity contribution is 6.11. The summed E-state index contributed by atoms with van der Waals surface area (Å²) in [7, 11) is 1.70. The molecule has 4 rings (SSSR count). The number of aromatic amines is 2. The van der Waals surface area contributed by atoms with Gasteiger partial charge >= 0.3 is 0 Å². The van der Waals surface area contributed by atoms with Crippen LogP contribution in [0.1, 0.15) is 53.9 Å². The van der Waals surface area contributed by atoms with Gasteiger partial charge in [0.15, 0.2) is 0 Å². The molecule has 3 heterocycles. The number of aliphatic imine (C=N–C) groups is 1. The summed E-state index contributed by atoms with van der Waals surface area (Å²) < 4.78 is 5.55. The molecule has 0 fully saturated rings. The van der Waals surface area contributed by atoms with Crippen LogP contribution in [0, 0.1) is 6.92 Å². The standard InChI is InChI=1S/C20H23N3O/c1-12-6-4-7-14-13(2)22-18(20(12)14)10-17-19(24-3)11-16(23-17)15-8-5-9-21-15/h5,8-12,21-22H,4,6-7H2,1-3H3/b17-10+. The van der Waals surface area contributed by atoms with Crippen molar-refractivity contribution >= 4 is 11.8 Å². The molecule has 1 atom stereocenters. The molecule has 2 aromatic heterocycles. The van der Waals surface area contributed by atoms with E-state index >= 15 is 0 Å². The number of methoxy groups -OCH3 is 1. The molecule has 2 N–H and O–H groups in total. The maximum atomic E-state index is 5.55. The number of H-pyrrole nitrogens is 2. The zero-order valence-corrected chi connectivity index (χ0v) is 14.4. The molecule has 0 bridgehead atoms. The van der Waals surface area contributed by atoms with Gasteiger partial charge in [0, 0.05) is 23.7 Å². The van der Waals surface area contributed by atoms with Gasteiger partial charge in [-0.05, 0) is 61.4 Å². The minimum Gasteiger partial charge on any atom is -0.494 e. The Labute approximate surface area is 142 Å². The lowest BCUT2D eigenvalue weighted by atomic mass is 9.84. The van der Waals surface area contributed by atoms with E-state index in [1.165, 1.54) is 41.8 Å². The number of rotatable bonds is 3. The second-order valence-corrected chi connectivity index (χ2v) is 6.67. The van der Waals surface area contributed by atoms with Crippen molar-refractivity contribution in [3.8, 4) is 0 Å². The van der Waals surface area contributed by atoms with Gasteiger partial charge in [-0.25, -0.2) is 4.99 Å². The van der Waals surface area contributed by atoms with E-state index in [1.54, 1.807) is 7.11 Å². The number of aryl methyl sites for hydroxylation is 1. The van der Waals surface area contributed by atoms with Gasteiger partial charge in [0.2, 0.25) is 0 Å². The predicted octanol–water partition coefficient (Wildman–Crippen LogP) is 4.47. The number of aromatic nitrogens is 2. The fraction of sp³-hybridized carbons (Fsp3) is 0.350. The molecule has 0 saturated heterocycles. The maximum absolute atomic E-state index is 5.55. The Bertz CT molecular complexity index is 850. The average molecular weight is 321 g/mol. The number of fused-ring (bicyclic) bond motifs is 1. The van der Waals surface area contributed by atoms with Crippen molar-refractivity contribution in [1.82, 2.24) is 9.97 Å². The molecule has 2 aromatic rings. The molecule has 4 nitrogen and oxygen atoms in total. The Hall–Kier alpha value is -2.49. The van der Waals surface area contributed by atoms with Crippen LogP contribution in [0.3, 0.4) is 0 Å². The first-order valence-corrected chi connectivity index (χ1v) is 8.59. The van der Waals surface area contributed by atoms with E-state index in [1.807, 2.05) is 24.4 Å². The van der Waals surface area contributed by atoms with Gasteiger partial charge in [-0.3, -0.25) is 0 Å². The quantitative estimate of drug-likeness (QED) is 0.861. The molecule has 24 heavy (non-hydrogen) atoms. The van der Waals surface area contributed by atoms with Crippen LogP contribution in [0.5, 0.6) is 0 Å². The topological polar surface area (TPSA) is 53.2 Å². The Kier molecular flexibility index (Phi) is 3.68. The first kappa shape index (κ1) is 15.1. The lowest BCUT2D eigenvalue weighted by Gasteiger charge is -2.20. The zero-order chi connectivity index (χ0) is 16.7. The van der Waals surface area contributed by atoms with E-state index in [0.717, 1.165) is 22.9 Å². The number of allylic oxidation sites excluding steroid dienone is 1. The first-order valence-electron chi connectivity index (χ1n) is 8.59. The van der Waals surface area contributed by atoms with Crippen molar-refractivity contribution in [2.24, 2.45) is 4.99 Å². The van der Waals surface area contributed by atoms with E-state index in [-0.39, 0.29) is 0 Å². The third-order valence-corrected chi connectivity index (χ3v) is 5.08. The van der Waals surface area contributed by atoms with Crippen LogP contribution in [-0.2, 0) is 11.2 Å². The van der Waals surface area contributed by atoms with E-state index in [2.05, 4.69) is 29.9 Å². The molecule has 4 heteroatoms. The normalized spacial score (nSPS) is 21.6. The summed E-state index contributed by atoms with van der Waals surface area (Å²) in [4.78, 5) is 11.5. The molecule has 0 radical (unpaired) electrons. The molecule has 0 amide bonds. The zero-order valence-electron chi connectivity index (χ0n) is 14.4. The molecule has 0 aromatic carbocycles. The third-order valence-electron chi connectivity index (χ3n) is 5.08. The van der Waals surface area contributed by atoms with Gasteiger partial charge in [-0.2, -0.15) is 0 Å². The molecular formula is C20H23N3O. The monoisotopic (exact) mass is 321 g/mol. The van der Waals surface area contributed by atoms with Crippen molar-refractivity contribution in [3.63, 3.8) is 0 Å². The number of hydrogen-bond acceptors (Lipinski definition) is 2. The van der Waals surface area contributed by atoms with Crippen LogP contribution in [0.15, 0.2) is 40.9 Å². The van der Waals surface area contributed by atoms with Gasteiger partial charge < -0.3 is 14.7 Å². The lowest BCUT2D eigenvalue weighted by molar-refractivity contribution is 0.303. The van der Waals surface area contributed by atoms with Gasteiger partial charge in [0.05, 0.1) is 18.5 Å². The van der Waals surface area contributed by atoms with Crippen molar-refractivity contribution in [1.29, 1.82) is 0 Å². The van der Waals surface area contributed by atoms with Gasteiger partial charge in [0.1, 0.15) is 11.5 Å². The third kappa shape index (κ3) is 2.42. The summed E-state index contributed by atoms with van der Waals surface area (Å²) in [6.07, 6.45) is 9.75. The lowest BCUT2D eigenvalue weighted by Crippen LogP contribution is -2.06. The van der Waals surface area contributed by atoms with Crippen molar-refractivity contribution in [3.05, 3.63) is 64.1 Å². The minimum atomic E-state index is 0.591. The van der Waals surface area contributed by atoms with Crippen LogP contribution in [-0.4, -0.2) is 22.8 Å². The summed E-state index contributed by atoms with van der Waals surface area (Å²) >= 11 is 0. The molecule has 2 aliphatic rings. The van der Waals surface area contributed by atoms with Crippen LogP contribution < -0.4 is 0 Å². The minimum absolute atomic E-state index is 0.591. The molecular weight excluding hydrogens is 298 g/mol. The van der Waals surface area contributed by atoms with Crippen molar-refractivity contribution < 1.29 is 4.74 Å². The fourth-order valence-corrected chi connectivity index (χ4v) is 3.88. The maximum Gasteiger partial charge on any atom is 0.146 e. The molecule has 0 spiro atoms. The molecule has 1 aliphatic heterocycles. The highest BCUT2D eigenvalue weighted by Crippen LogP contribution is 2.37. The van der Waals surface area contributed by atoms with Gasteiger partial charge in [-0.15, -0.1) is 0 Å². The van der Waals surface area contributed by atoms with Gasteiger partial charge in [0.25, 0.3) is 0 Å². The van der Waals surface area contributed by atoms with Crippen LogP contribution >= 0.6 is 0 Å². The SMILES string of the molecule is COC1=CC(c2ccc[nH]2)=N/C1=C/c1[nH]c(C)c2c1C(C)CCC2. The highest BCUT2D eigenvalue weighted by atomic mass is 16.5. The van der Waals surface area contributed by atoms with E-state index in [0.29, 0.717) is 5.92 Å².